The third-order valence-electron chi connectivity index (χ3n) is 2.16. The molecule has 0 radical (unpaired) electrons. The molecule has 0 amide bonds. The van der Waals surface area contributed by atoms with Crippen molar-refractivity contribution in [1.82, 2.24) is 9.97 Å². The molecule has 1 rings (SSSR count). The van der Waals surface area contributed by atoms with E-state index < -0.39 is 0 Å². The van der Waals surface area contributed by atoms with Crippen molar-refractivity contribution >= 4 is 5.82 Å². The standard InChI is InChI=1S/C10H18N4O/c1-8(2)14(3-4-15)10-7-12-9(5-11)6-13-10/h6-8,15H,3-5,11H2,1-2H3. The molecular formula is C10H18N4O. The second-order valence-electron chi connectivity index (χ2n) is 3.58. The number of hydrogen-bond donors (Lipinski definition) is 2. The number of nitrogens with two attached hydrogens (primary N) is 1. The molecule has 0 atom stereocenters. The van der Waals surface area contributed by atoms with Crippen molar-refractivity contribution in [2.75, 3.05) is 18.1 Å². The fraction of sp³-hybridized carbons (Fsp3) is 0.600. The van der Waals surface area contributed by atoms with Gasteiger partial charge in [0, 0.05) is 19.1 Å². The Balaban J connectivity index is 2.81. The summed E-state index contributed by atoms with van der Waals surface area (Å²) in [4.78, 5) is 10.4. The van der Waals surface area contributed by atoms with Crippen molar-refractivity contribution in [3.63, 3.8) is 0 Å². The smallest absolute Gasteiger partial charge is 0.147 e. The third-order valence-corrected chi connectivity index (χ3v) is 2.16. The maximum Gasteiger partial charge on any atom is 0.147 e. The normalized spacial score (nSPS) is 10.7. The van der Waals surface area contributed by atoms with E-state index >= 15 is 0 Å². The number of aliphatic hydroxyl groups is 1. The Morgan fingerprint density at radius 3 is 2.53 bits per heavy atom. The minimum atomic E-state index is 0.110. The van der Waals surface area contributed by atoms with E-state index in [0.717, 1.165) is 11.5 Å². The average molecular weight is 210 g/mol. The fourth-order valence-electron chi connectivity index (χ4n) is 1.35. The highest BCUT2D eigenvalue weighted by Crippen LogP contribution is 2.11. The Kier molecular flexibility index (Phi) is 4.45. The van der Waals surface area contributed by atoms with Crippen molar-refractivity contribution in [2.45, 2.75) is 26.4 Å². The second-order valence-corrected chi connectivity index (χ2v) is 3.58. The molecule has 1 aromatic heterocycles. The maximum absolute atomic E-state index is 8.94. The minimum absolute atomic E-state index is 0.110. The zero-order valence-corrected chi connectivity index (χ0v) is 9.22. The molecule has 0 saturated heterocycles. The summed E-state index contributed by atoms with van der Waals surface area (Å²) >= 11 is 0. The van der Waals surface area contributed by atoms with Gasteiger partial charge >= 0.3 is 0 Å². The fourth-order valence-corrected chi connectivity index (χ4v) is 1.35. The number of rotatable bonds is 5. The van der Waals surface area contributed by atoms with Crippen molar-refractivity contribution < 1.29 is 5.11 Å². The van der Waals surface area contributed by atoms with Gasteiger partial charge in [0.15, 0.2) is 0 Å². The SMILES string of the molecule is CC(C)N(CCO)c1cnc(CN)cn1. The first-order chi connectivity index (χ1) is 7.19. The average Bonchev–Trinajstić information content (AvgIpc) is 2.26. The van der Waals surface area contributed by atoms with Gasteiger partial charge < -0.3 is 15.7 Å². The second kappa shape index (κ2) is 5.63. The Morgan fingerprint density at radius 1 is 1.40 bits per heavy atom. The van der Waals surface area contributed by atoms with E-state index in [1.165, 1.54) is 0 Å². The monoisotopic (exact) mass is 210 g/mol. The van der Waals surface area contributed by atoms with Gasteiger partial charge in [-0.05, 0) is 13.8 Å². The lowest BCUT2D eigenvalue weighted by molar-refractivity contribution is 0.298. The summed E-state index contributed by atoms with van der Waals surface area (Å²) in [7, 11) is 0. The van der Waals surface area contributed by atoms with Gasteiger partial charge in [0.1, 0.15) is 5.82 Å². The molecule has 1 heterocycles. The number of nitrogens with zero attached hydrogens (tertiary/aromatic N) is 3. The summed E-state index contributed by atoms with van der Waals surface area (Å²) < 4.78 is 0. The highest BCUT2D eigenvalue weighted by atomic mass is 16.3. The van der Waals surface area contributed by atoms with E-state index in [0.29, 0.717) is 13.1 Å². The first-order valence-corrected chi connectivity index (χ1v) is 5.07. The van der Waals surface area contributed by atoms with E-state index in [2.05, 4.69) is 9.97 Å². The van der Waals surface area contributed by atoms with Crippen LogP contribution in [0.5, 0.6) is 0 Å². The molecule has 0 aliphatic carbocycles. The number of hydrogen-bond acceptors (Lipinski definition) is 5. The van der Waals surface area contributed by atoms with E-state index in [4.69, 9.17) is 10.8 Å². The molecular weight excluding hydrogens is 192 g/mol. The molecule has 0 unspecified atom stereocenters. The van der Waals surface area contributed by atoms with Crippen LogP contribution in [0.2, 0.25) is 0 Å². The molecule has 0 spiro atoms. The molecule has 15 heavy (non-hydrogen) atoms. The van der Waals surface area contributed by atoms with E-state index in [1.54, 1.807) is 12.4 Å². The zero-order chi connectivity index (χ0) is 11.3. The highest BCUT2D eigenvalue weighted by Gasteiger charge is 2.11. The predicted octanol–water partition coefficient (Wildman–Crippen LogP) is 0.142. The van der Waals surface area contributed by atoms with Crippen LogP contribution < -0.4 is 10.6 Å². The van der Waals surface area contributed by atoms with E-state index in [9.17, 15) is 0 Å². The summed E-state index contributed by atoms with van der Waals surface area (Å²) in [6.07, 6.45) is 3.36. The summed E-state index contributed by atoms with van der Waals surface area (Å²) in [6, 6.07) is 0.287. The van der Waals surface area contributed by atoms with Gasteiger partial charge in [0.25, 0.3) is 0 Å². The number of aromatic nitrogens is 2. The van der Waals surface area contributed by atoms with E-state index in [-0.39, 0.29) is 12.6 Å². The van der Waals surface area contributed by atoms with Crippen LogP contribution in [0.3, 0.4) is 0 Å². The first-order valence-electron chi connectivity index (χ1n) is 5.07. The van der Waals surface area contributed by atoms with Gasteiger partial charge in [0.2, 0.25) is 0 Å². The Hall–Kier alpha value is -1.20. The van der Waals surface area contributed by atoms with Crippen LogP contribution in [0.15, 0.2) is 12.4 Å². The molecule has 0 bridgehead atoms. The minimum Gasteiger partial charge on any atom is -0.395 e. The molecule has 3 N–H and O–H groups in total. The lowest BCUT2D eigenvalue weighted by Crippen LogP contribution is -2.34. The van der Waals surface area contributed by atoms with Gasteiger partial charge in [-0.3, -0.25) is 4.98 Å². The molecule has 0 fully saturated rings. The number of anilines is 1. The topological polar surface area (TPSA) is 75.3 Å². The number of aliphatic hydroxyl groups excluding tert-OH is 1. The summed E-state index contributed by atoms with van der Waals surface area (Å²) in [5, 5.41) is 8.94. The van der Waals surface area contributed by atoms with Crippen molar-refractivity contribution in [3.05, 3.63) is 18.1 Å². The summed E-state index contributed by atoms with van der Waals surface area (Å²) in [5.41, 5.74) is 6.21. The van der Waals surface area contributed by atoms with Crippen LogP contribution in [0.4, 0.5) is 5.82 Å². The molecule has 0 saturated carbocycles. The largest absolute Gasteiger partial charge is 0.395 e. The molecule has 0 aliphatic rings. The lowest BCUT2D eigenvalue weighted by atomic mass is 10.3. The Labute approximate surface area is 90.0 Å². The van der Waals surface area contributed by atoms with Gasteiger partial charge in [-0.15, -0.1) is 0 Å². The van der Waals surface area contributed by atoms with E-state index in [1.807, 2.05) is 18.7 Å². The van der Waals surface area contributed by atoms with Crippen LogP contribution in [0, 0.1) is 0 Å². The van der Waals surface area contributed by atoms with Crippen molar-refractivity contribution in [1.29, 1.82) is 0 Å². The Morgan fingerprint density at radius 2 is 2.13 bits per heavy atom. The third kappa shape index (κ3) is 3.14. The molecule has 0 aliphatic heterocycles. The van der Waals surface area contributed by atoms with Gasteiger partial charge in [-0.25, -0.2) is 4.98 Å². The van der Waals surface area contributed by atoms with Crippen LogP contribution in [0.1, 0.15) is 19.5 Å². The lowest BCUT2D eigenvalue weighted by Gasteiger charge is -2.26. The van der Waals surface area contributed by atoms with Gasteiger partial charge in [-0.1, -0.05) is 0 Å². The van der Waals surface area contributed by atoms with Crippen LogP contribution in [-0.2, 0) is 6.54 Å². The quantitative estimate of drug-likeness (QED) is 0.723. The molecule has 1 aromatic rings. The molecule has 0 aromatic carbocycles. The predicted molar refractivity (Wildman–Crippen MR) is 59.5 cm³/mol. The maximum atomic E-state index is 8.94. The Bertz CT molecular complexity index is 286. The zero-order valence-electron chi connectivity index (χ0n) is 9.22. The highest BCUT2D eigenvalue weighted by molar-refractivity contribution is 5.36. The van der Waals surface area contributed by atoms with Gasteiger partial charge in [-0.2, -0.15) is 0 Å². The van der Waals surface area contributed by atoms with Gasteiger partial charge in [0.05, 0.1) is 24.7 Å². The molecule has 5 nitrogen and oxygen atoms in total. The van der Waals surface area contributed by atoms with Crippen LogP contribution >= 0.6 is 0 Å². The van der Waals surface area contributed by atoms with Crippen molar-refractivity contribution in [2.24, 2.45) is 5.73 Å². The first kappa shape index (κ1) is 11.9. The molecule has 84 valence electrons. The van der Waals surface area contributed by atoms with Crippen LogP contribution in [-0.4, -0.2) is 34.3 Å². The summed E-state index contributed by atoms with van der Waals surface area (Å²) in [5.74, 6) is 0.774. The molecule has 5 heteroatoms. The van der Waals surface area contributed by atoms with Crippen molar-refractivity contribution in [3.8, 4) is 0 Å². The van der Waals surface area contributed by atoms with Crippen LogP contribution in [0.25, 0.3) is 0 Å². The summed E-state index contributed by atoms with van der Waals surface area (Å²) in [6.45, 7) is 5.17.